The standard InChI is InChI=1S/C23H22N4O4/c1-30-21-11-15(6-7-20(21)31-14-22(25)28)10-17(12-24)23(29)26-9-8-16-13-27-19-5-3-2-4-18(16)19/h2-7,10-11,13,27H,8-9,14H2,1H3,(H2,25,28)(H,26,29)/b17-10-. The predicted molar refractivity (Wildman–Crippen MR) is 116 cm³/mol. The highest BCUT2D eigenvalue weighted by atomic mass is 16.5. The van der Waals surface area contributed by atoms with Gasteiger partial charge in [-0.1, -0.05) is 24.3 Å². The van der Waals surface area contributed by atoms with Gasteiger partial charge in [-0.3, -0.25) is 9.59 Å². The third-order valence-electron chi connectivity index (χ3n) is 4.59. The van der Waals surface area contributed by atoms with Crippen LogP contribution in [-0.4, -0.2) is 37.1 Å². The summed E-state index contributed by atoms with van der Waals surface area (Å²) in [7, 11) is 1.45. The van der Waals surface area contributed by atoms with Crippen molar-refractivity contribution in [3.63, 3.8) is 0 Å². The van der Waals surface area contributed by atoms with Gasteiger partial charge in [0.1, 0.15) is 11.6 Å². The second-order valence-corrected chi connectivity index (χ2v) is 6.70. The van der Waals surface area contributed by atoms with Gasteiger partial charge in [0.05, 0.1) is 7.11 Å². The second-order valence-electron chi connectivity index (χ2n) is 6.70. The molecule has 3 aromatic rings. The number of ether oxygens (including phenoxy) is 2. The van der Waals surface area contributed by atoms with E-state index >= 15 is 0 Å². The quantitative estimate of drug-likeness (QED) is 0.363. The van der Waals surface area contributed by atoms with Crippen LogP contribution in [0, 0.1) is 11.3 Å². The van der Waals surface area contributed by atoms with Crippen LogP contribution in [0.4, 0.5) is 0 Å². The normalized spacial score (nSPS) is 11.0. The van der Waals surface area contributed by atoms with Gasteiger partial charge in [-0.2, -0.15) is 5.26 Å². The number of nitrogens with zero attached hydrogens (tertiary/aromatic N) is 1. The first-order valence-corrected chi connectivity index (χ1v) is 9.56. The second kappa shape index (κ2) is 9.98. The van der Waals surface area contributed by atoms with E-state index in [1.807, 2.05) is 36.5 Å². The van der Waals surface area contributed by atoms with E-state index < -0.39 is 11.8 Å². The van der Waals surface area contributed by atoms with Crippen molar-refractivity contribution in [2.75, 3.05) is 20.3 Å². The number of hydrogen-bond acceptors (Lipinski definition) is 5. The lowest BCUT2D eigenvalue weighted by Gasteiger charge is -2.10. The Kier molecular flexibility index (Phi) is 6.91. The summed E-state index contributed by atoms with van der Waals surface area (Å²) >= 11 is 0. The van der Waals surface area contributed by atoms with Crippen molar-refractivity contribution < 1.29 is 19.1 Å². The van der Waals surface area contributed by atoms with E-state index in [2.05, 4.69) is 10.3 Å². The Morgan fingerprint density at radius 3 is 2.77 bits per heavy atom. The van der Waals surface area contributed by atoms with Crippen LogP contribution in [0.5, 0.6) is 11.5 Å². The molecule has 0 unspecified atom stereocenters. The van der Waals surface area contributed by atoms with Crippen LogP contribution in [0.2, 0.25) is 0 Å². The highest BCUT2D eigenvalue weighted by Crippen LogP contribution is 2.29. The summed E-state index contributed by atoms with van der Waals surface area (Å²) in [6.07, 6.45) is 4.02. The maximum Gasteiger partial charge on any atom is 0.261 e. The number of H-pyrrole nitrogens is 1. The van der Waals surface area contributed by atoms with Gasteiger partial charge in [-0.15, -0.1) is 0 Å². The molecule has 0 fully saturated rings. The highest BCUT2D eigenvalue weighted by Gasteiger charge is 2.12. The molecule has 8 heteroatoms. The number of methoxy groups -OCH3 is 1. The molecule has 31 heavy (non-hydrogen) atoms. The molecule has 1 aromatic heterocycles. The van der Waals surface area contributed by atoms with Crippen molar-refractivity contribution in [1.82, 2.24) is 10.3 Å². The van der Waals surface area contributed by atoms with Gasteiger partial charge < -0.3 is 25.5 Å². The summed E-state index contributed by atoms with van der Waals surface area (Å²) in [5, 5.41) is 13.3. The molecule has 158 valence electrons. The molecule has 3 rings (SSSR count). The molecule has 0 saturated heterocycles. The van der Waals surface area contributed by atoms with Crippen molar-refractivity contribution in [2.45, 2.75) is 6.42 Å². The summed E-state index contributed by atoms with van der Waals surface area (Å²) in [6.45, 7) is 0.108. The topological polar surface area (TPSA) is 130 Å². The zero-order chi connectivity index (χ0) is 22.2. The number of rotatable bonds is 9. The molecule has 1 heterocycles. The monoisotopic (exact) mass is 418 g/mol. The molecule has 8 nitrogen and oxygen atoms in total. The van der Waals surface area contributed by atoms with Crippen LogP contribution in [0.1, 0.15) is 11.1 Å². The average molecular weight is 418 g/mol. The number of nitriles is 1. The lowest BCUT2D eigenvalue weighted by Crippen LogP contribution is -2.26. The fourth-order valence-electron chi connectivity index (χ4n) is 3.10. The van der Waals surface area contributed by atoms with Gasteiger partial charge in [0.25, 0.3) is 11.8 Å². The number of nitrogens with two attached hydrogens (primary N) is 1. The number of aromatic amines is 1. The van der Waals surface area contributed by atoms with E-state index in [4.69, 9.17) is 15.2 Å². The number of primary amides is 1. The number of carbonyl (C=O) groups is 2. The maximum atomic E-state index is 12.5. The van der Waals surface area contributed by atoms with E-state index in [-0.39, 0.29) is 12.2 Å². The van der Waals surface area contributed by atoms with Crippen LogP contribution >= 0.6 is 0 Å². The van der Waals surface area contributed by atoms with Crippen molar-refractivity contribution in [3.05, 3.63) is 65.4 Å². The summed E-state index contributed by atoms with van der Waals surface area (Å²) in [5.41, 5.74) is 7.75. The van der Waals surface area contributed by atoms with Crippen molar-refractivity contribution >= 4 is 28.8 Å². The molecule has 0 atom stereocenters. The summed E-state index contributed by atoms with van der Waals surface area (Å²) in [4.78, 5) is 26.5. The predicted octanol–water partition coefficient (Wildman–Crippen LogP) is 2.31. The van der Waals surface area contributed by atoms with Gasteiger partial charge in [0.15, 0.2) is 18.1 Å². The minimum atomic E-state index is -0.609. The summed E-state index contributed by atoms with van der Waals surface area (Å²) in [6, 6.07) is 14.7. The van der Waals surface area contributed by atoms with Gasteiger partial charge in [-0.05, 0) is 41.8 Å². The minimum Gasteiger partial charge on any atom is -0.493 e. The lowest BCUT2D eigenvalue weighted by atomic mass is 10.1. The molecule has 0 aliphatic heterocycles. The third kappa shape index (κ3) is 5.42. The minimum absolute atomic E-state index is 0.0354. The molecule has 0 saturated carbocycles. The van der Waals surface area contributed by atoms with Crippen LogP contribution in [0.3, 0.4) is 0 Å². The number of aromatic nitrogens is 1. The molecule has 0 spiro atoms. The van der Waals surface area contributed by atoms with Crippen LogP contribution in [0.25, 0.3) is 17.0 Å². The molecule has 0 radical (unpaired) electrons. The first-order valence-electron chi connectivity index (χ1n) is 9.56. The van der Waals surface area contributed by atoms with Crippen molar-refractivity contribution in [2.24, 2.45) is 5.73 Å². The molecular formula is C23H22N4O4. The van der Waals surface area contributed by atoms with E-state index in [0.717, 1.165) is 16.5 Å². The van der Waals surface area contributed by atoms with Gasteiger partial charge in [0, 0.05) is 23.6 Å². The highest BCUT2D eigenvalue weighted by molar-refractivity contribution is 6.01. The summed E-state index contributed by atoms with van der Waals surface area (Å²) < 4.78 is 10.5. The Balaban J connectivity index is 1.65. The zero-order valence-electron chi connectivity index (χ0n) is 17.0. The van der Waals surface area contributed by atoms with E-state index in [9.17, 15) is 14.9 Å². The van der Waals surface area contributed by atoms with Crippen molar-refractivity contribution in [3.8, 4) is 17.6 Å². The molecule has 2 aromatic carbocycles. The SMILES string of the molecule is COc1cc(/C=C(/C#N)C(=O)NCCc2c[nH]c3ccccc23)ccc1OCC(N)=O. The molecule has 4 N–H and O–H groups in total. The maximum absolute atomic E-state index is 12.5. The molecule has 0 aliphatic carbocycles. The Morgan fingerprint density at radius 2 is 2.03 bits per heavy atom. The number of fused-ring (bicyclic) bond motifs is 1. The molecule has 0 bridgehead atoms. The van der Waals surface area contributed by atoms with E-state index in [1.54, 1.807) is 18.2 Å². The van der Waals surface area contributed by atoms with Crippen LogP contribution < -0.4 is 20.5 Å². The number of nitrogens with one attached hydrogen (secondary N) is 2. The Morgan fingerprint density at radius 1 is 1.23 bits per heavy atom. The van der Waals surface area contributed by atoms with Gasteiger partial charge >= 0.3 is 0 Å². The largest absolute Gasteiger partial charge is 0.493 e. The van der Waals surface area contributed by atoms with Crippen LogP contribution in [-0.2, 0) is 16.0 Å². The number of benzene rings is 2. The Labute approximate surface area is 179 Å². The van der Waals surface area contributed by atoms with Gasteiger partial charge in [0.2, 0.25) is 0 Å². The lowest BCUT2D eigenvalue weighted by molar-refractivity contribution is -0.120. The number of para-hydroxylation sites is 1. The fourth-order valence-corrected chi connectivity index (χ4v) is 3.10. The molecule has 2 amide bonds. The molecular weight excluding hydrogens is 396 g/mol. The van der Waals surface area contributed by atoms with Gasteiger partial charge in [-0.25, -0.2) is 0 Å². The zero-order valence-corrected chi connectivity index (χ0v) is 17.0. The average Bonchev–Trinajstić information content (AvgIpc) is 3.19. The smallest absolute Gasteiger partial charge is 0.261 e. The van der Waals surface area contributed by atoms with Crippen molar-refractivity contribution in [1.29, 1.82) is 5.26 Å². The number of hydrogen-bond donors (Lipinski definition) is 3. The Hall–Kier alpha value is -4.25. The number of amides is 2. The first-order chi connectivity index (χ1) is 15.0. The third-order valence-corrected chi connectivity index (χ3v) is 4.59. The fraction of sp³-hybridized carbons (Fsp3) is 0.174. The first kappa shape index (κ1) is 21.5. The molecule has 0 aliphatic rings. The van der Waals surface area contributed by atoms with E-state index in [0.29, 0.717) is 30.0 Å². The van der Waals surface area contributed by atoms with Crippen LogP contribution in [0.15, 0.2) is 54.2 Å². The van der Waals surface area contributed by atoms with E-state index in [1.165, 1.54) is 13.2 Å². The summed E-state index contributed by atoms with van der Waals surface area (Å²) in [5.74, 6) is -0.385. The number of carbonyl (C=O) groups excluding carboxylic acids is 2. The Bertz CT molecular complexity index is 1170.